The molecule has 1 heterocycles. The quantitative estimate of drug-likeness (QED) is 0.769. The molecule has 0 bridgehead atoms. The number of nitrogens with zero attached hydrogens (tertiary/aromatic N) is 3. The first kappa shape index (κ1) is 14.8. The summed E-state index contributed by atoms with van der Waals surface area (Å²) in [4.78, 5) is 0. The van der Waals surface area contributed by atoms with Crippen LogP contribution in [0, 0.1) is 16.7 Å². The van der Waals surface area contributed by atoms with Gasteiger partial charge >= 0.3 is 0 Å². The average molecular weight is 253 g/mol. The van der Waals surface area contributed by atoms with Gasteiger partial charge in [0.05, 0.1) is 24.0 Å². The number of hydrogen-bond acceptors (Lipinski definition) is 3. The molecule has 0 aliphatic carbocycles. The Balaban J connectivity index is 0.000000312. The molecule has 1 aromatic heterocycles. The van der Waals surface area contributed by atoms with Gasteiger partial charge in [-0.1, -0.05) is 45.9 Å². The van der Waals surface area contributed by atoms with E-state index in [-0.39, 0.29) is 0 Å². The summed E-state index contributed by atoms with van der Waals surface area (Å²) in [7, 11) is 0. The minimum atomic E-state index is 0.500. The van der Waals surface area contributed by atoms with E-state index in [2.05, 4.69) is 44.0 Å². The Morgan fingerprint density at radius 1 is 1.00 bits per heavy atom. The fourth-order valence-corrected chi connectivity index (χ4v) is 1.28. The molecule has 0 saturated heterocycles. The van der Waals surface area contributed by atoms with E-state index < -0.39 is 0 Å². The SMILES string of the molecule is CC(C)(C)C.N#Cc1ccccc1-c1ccnnc1. The first-order valence-electron chi connectivity index (χ1n) is 6.18. The summed E-state index contributed by atoms with van der Waals surface area (Å²) in [5, 5.41) is 16.4. The summed E-state index contributed by atoms with van der Waals surface area (Å²) in [6, 6.07) is 11.4. The zero-order valence-electron chi connectivity index (χ0n) is 11.9. The zero-order valence-corrected chi connectivity index (χ0v) is 11.9. The van der Waals surface area contributed by atoms with E-state index in [1.54, 1.807) is 18.5 Å². The van der Waals surface area contributed by atoms with Crippen LogP contribution in [0.3, 0.4) is 0 Å². The van der Waals surface area contributed by atoms with Crippen LogP contribution in [0.2, 0.25) is 0 Å². The normalized spacial score (nSPS) is 10.1. The highest BCUT2D eigenvalue weighted by Gasteiger charge is 2.02. The monoisotopic (exact) mass is 253 g/mol. The van der Waals surface area contributed by atoms with Crippen molar-refractivity contribution >= 4 is 0 Å². The van der Waals surface area contributed by atoms with Crippen molar-refractivity contribution in [3.63, 3.8) is 0 Å². The lowest BCUT2D eigenvalue weighted by atomic mass is 10.0. The van der Waals surface area contributed by atoms with Gasteiger partial charge in [0.15, 0.2) is 0 Å². The van der Waals surface area contributed by atoms with Gasteiger partial charge in [0.2, 0.25) is 0 Å². The molecule has 0 aliphatic heterocycles. The third-order valence-electron chi connectivity index (χ3n) is 1.94. The number of nitriles is 1. The van der Waals surface area contributed by atoms with Crippen LogP contribution in [0.1, 0.15) is 33.3 Å². The van der Waals surface area contributed by atoms with Crippen molar-refractivity contribution in [2.75, 3.05) is 0 Å². The van der Waals surface area contributed by atoms with E-state index in [1.165, 1.54) is 0 Å². The van der Waals surface area contributed by atoms with Gasteiger partial charge in [-0.05, 0) is 17.5 Å². The van der Waals surface area contributed by atoms with E-state index in [0.717, 1.165) is 11.1 Å². The summed E-state index contributed by atoms with van der Waals surface area (Å²) in [6.07, 6.45) is 3.26. The molecule has 0 unspecified atom stereocenters. The van der Waals surface area contributed by atoms with Gasteiger partial charge in [-0.25, -0.2) is 0 Å². The number of aromatic nitrogens is 2. The van der Waals surface area contributed by atoms with Crippen LogP contribution in [0.15, 0.2) is 42.7 Å². The maximum absolute atomic E-state index is 8.89. The van der Waals surface area contributed by atoms with Crippen molar-refractivity contribution in [1.82, 2.24) is 10.2 Å². The number of hydrogen-bond donors (Lipinski definition) is 0. The molecule has 0 amide bonds. The van der Waals surface area contributed by atoms with E-state index >= 15 is 0 Å². The Bertz CT molecular complexity index is 542. The molecule has 3 nitrogen and oxygen atoms in total. The first-order valence-corrected chi connectivity index (χ1v) is 6.18. The van der Waals surface area contributed by atoms with Crippen LogP contribution >= 0.6 is 0 Å². The molecule has 0 fully saturated rings. The molecule has 2 aromatic rings. The largest absolute Gasteiger partial charge is 0.192 e. The second-order valence-electron chi connectivity index (χ2n) is 5.79. The fraction of sp³-hybridized carbons (Fsp3) is 0.312. The van der Waals surface area contributed by atoms with Gasteiger partial charge in [0.1, 0.15) is 0 Å². The number of benzene rings is 1. The molecule has 0 N–H and O–H groups in total. The van der Waals surface area contributed by atoms with Crippen molar-refractivity contribution in [3.8, 4) is 17.2 Å². The Hall–Kier alpha value is -2.21. The molecule has 0 saturated carbocycles. The Kier molecular flexibility index (Phi) is 5.20. The minimum Gasteiger partial charge on any atom is -0.192 e. The highest BCUT2D eigenvalue weighted by molar-refractivity contribution is 5.69. The van der Waals surface area contributed by atoms with E-state index in [4.69, 9.17) is 5.26 Å². The predicted octanol–water partition coefficient (Wildman–Crippen LogP) is 4.07. The van der Waals surface area contributed by atoms with Gasteiger partial charge in [-0.15, -0.1) is 0 Å². The molecule has 3 heteroatoms. The standard InChI is InChI=1S/C11H7N3.C5H12/c12-7-9-3-1-2-4-11(9)10-5-6-13-14-8-10;1-5(2,3)4/h1-6,8H;1-4H3. The predicted molar refractivity (Wildman–Crippen MR) is 77.3 cm³/mol. The molecular formula is C16H19N3. The Morgan fingerprint density at radius 3 is 2.16 bits per heavy atom. The minimum absolute atomic E-state index is 0.500. The van der Waals surface area contributed by atoms with Crippen molar-refractivity contribution in [3.05, 3.63) is 48.3 Å². The lowest BCUT2D eigenvalue weighted by Gasteiger charge is -2.05. The van der Waals surface area contributed by atoms with Gasteiger partial charge < -0.3 is 0 Å². The van der Waals surface area contributed by atoms with Crippen molar-refractivity contribution < 1.29 is 0 Å². The molecule has 0 radical (unpaired) electrons. The third kappa shape index (κ3) is 5.78. The van der Waals surface area contributed by atoms with Crippen LogP contribution in [0.4, 0.5) is 0 Å². The molecule has 0 aliphatic rings. The van der Waals surface area contributed by atoms with Gasteiger partial charge in [0, 0.05) is 11.1 Å². The molecule has 0 atom stereocenters. The maximum Gasteiger partial charge on any atom is 0.0998 e. The van der Waals surface area contributed by atoms with E-state index in [0.29, 0.717) is 11.0 Å². The third-order valence-corrected chi connectivity index (χ3v) is 1.94. The first-order chi connectivity index (χ1) is 8.92. The summed E-state index contributed by atoms with van der Waals surface area (Å²) in [5.41, 5.74) is 2.96. The van der Waals surface area contributed by atoms with Crippen LogP contribution in [0.25, 0.3) is 11.1 Å². The molecular weight excluding hydrogens is 234 g/mol. The van der Waals surface area contributed by atoms with Crippen LogP contribution in [0.5, 0.6) is 0 Å². The van der Waals surface area contributed by atoms with Gasteiger partial charge in [0.25, 0.3) is 0 Å². The second kappa shape index (κ2) is 6.65. The van der Waals surface area contributed by atoms with Crippen molar-refractivity contribution in [1.29, 1.82) is 5.26 Å². The topological polar surface area (TPSA) is 49.6 Å². The van der Waals surface area contributed by atoms with E-state index in [9.17, 15) is 0 Å². The Labute approximate surface area is 114 Å². The summed E-state index contributed by atoms with van der Waals surface area (Å²) < 4.78 is 0. The fourth-order valence-electron chi connectivity index (χ4n) is 1.28. The van der Waals surface area contributed by atoms with Gasteiger partial charge in [-0.2, -0.15) is 15.5 Å². The molecule has 19 heavy (non-hydrogen) atoms. The number of rotatable bonds is 1. The van der Waals surface area contributed by atoms with E-state index in [1.807, 2.05) is 24.3 Å². The average Bonchev–Trinajstić information content (AvgIpc) is 2.38. The molecule has 0 spiro atoms. The highest BCUT2D eigenvalue weighted by Crippen LogP contribution is 2.21. The smallest absolute Gasteiger partial charge is 0.0998 e. The Morgan fingerprint density at radius 2 is 1.63 bits per heavy atom. The van der Waals surface area contributed by atoms with Crippen LogP contribution in [-0.4, -0.2) is 10.2 Å². The summed E-state index contributed by atoms with van der Waals surface area (Å²) >= 11 is 0. The molecule has 98 valence electrons. The van der Waals surface area contributed by atoms with Crippen molar-refractivity contribution in [2.24, 2.45) is 5.41 Å². The zero-order chi connectivity index (χ0) is 14.3. The maximum atomic E-state index is 8.89. The second-order valence-corrected chi connectivity index (χ2v) is 5.79. The summed E-state index contributed by atoms with van der Waals surface area (Å²) in [5.74, 6) is 0. The van der Waals surface area contributed by atoms with Crippen LogP contribution in [-0.2, 0) is 0 Å². The van der Waals surface area contributed by atoms with Crippen molar-refractivity contribution in [2.45, 2.75) is 27.7 Å². The summed E-state index contributed by atoms with van der Waals surface area (Å²) in [6.45, 7) is 8.75. The lowest BCUT2D eigenvalue weighted by molar-refractivity contribution is 0.469. The molecule has 1 aromatic carbocycles. The highest BCUT2D eigenvalue weighted by atomic mass is 15.1. The lowest BCUT2D eigenvalue weighted by Crippen LogP contribution is -1.93. The van der Waals surface area contributed by atoms with Gasteiger partial charge in [-0.3, -0.25) is 0 Å². The molecule has 2 rings (SSSR count). The van der Waals surface area contributed by atoms with Crippen LogP contribution < -0.4 is 0 Å².